The molecule has 3 heteroatoms. The van der Waals surface area contributed by atoms with Gasteiger partial charge in [0.15, 0.2) is 0 Å². The highest BCUT2D eigenvalue weighted by molar-refractivity contribution is 9.11. The van der Waals surface area contributed by atoms with Gasteiger partial charge in [0, 0.05) is 19.3 Å². The summed E-state index contributed by atoms with van der Waals surface area (Å²) in [5.41, 5.74) is 11.6. The summed E-state index contributed by atoms with van der Waals surface area (Å²) in [6, 6.07) is 39.7. The molecule has 0 nitrogen and oxygen atoms in total. The third-order valence-electron chi connectivity index (χ3n) is 6.62. The van der Waals surface area contributed by atoms with Crippen LogP contribution in [0.3, 0.4) is 0 Å². The van der Waals surface area contributed by atoms with Crippen molar-refractivity contribution in [2.45, 2.75) is 5.92 Å². The van der Waals surface area contributed by atoms with Crippen molar-refractivity contribution in [3.05, 3.63) is 139 Å². The largest absolute Gasteiger partial charge is 0.0568 e. The van der Waals surface area contributed by atoms with Gasteiger partial charge >= 0.3 is 0 Å². The van der Waals surface area contributed by atoms with Gasteiger partial charge in [0.2, 0.25) is 0 Å². The smallest absolute Gasteiger partial charge is 0.0358 e. The number of rotatable bonds is 3. The molecule has 0 heterocycles. The summed E-state index contributed by atoms with van der Waals surface area (Å²) in [5, 5.41) is 0. The first-order chi connectivity index (χ1) is 16.6. The molecular formula is C31H19Br3. The Morgan fingerprint density at radius 3 is 0.912 bits per heavy atom. The average Bonchev–Trinajstić information content (AvgIpc) is 3.42. The van der Waals surface area contributed by atoms with Crippen LogP contribution in [-0.2, 0) is 0 Å². The maximum absolute atomic E-state index is 3.64. The monoisotopic (exact) mass is 628 g/mol. The SMILES string of the molecule is Brc1ccc2ccc(C(c3ccc4ccc(Br)ccc3-4)c3ccc4ccc(Br)ccc3-4)c-2cc1. The predicted octanol–water partition coefficient (Wildman–Crippen LogP) is 10.5. The highest BCUT2D eigenvalue weighted by Crippen LogP contribution is 2.48. The van der Waals surface area contributed by atoms with Crippen molar-refractivity contribution >= 4 is 47.8 Å². The second-order valence-electron chi connectivity index (χ2n) is 8.56. The van der Waals surface area contributed by atoms with Crippen LogP contribution in [-0.4, -0.2) is 0 Å². The summed E-state index contributed by atoms with van der Waals surface area (Å²) in [5.74, 6) is 0.107. The molecule has 34 heavy (non-hydrogen) atoms. The molecule has 6 aliphatic carbocycles. The van der Waals surface area contributed by atoms with E-state index in [1.807, 2.05) is 0 Å². The maximum Gasteiger partial charge on any atom is 0.0358 e. The summed E-state index contributed by atoms with van der Waals surface area (Å²) in [6.07, 6.45) is 0. The van der Waals surface area contributed by atoms with Crippen molar-refractivity contribution in [2.24, 2.45) is 0 Å². The standard InChI is InChI=1S/C31H19Br3/c32-22-7-1-19-4-13-28(25(19)16-10-22)31(29-14-5-20-2-8-23(33)11-17-26(20)29)30-15-6-21-3-9-24(34)12-18-27(21)30/h1-18,31H. The Labute approximate surface area is 225 Å². The molecular weight excluding hydrogens is 612 g/mol. The van der Waals surface area contributed by atoms with Crippen LogP contribution in [0.1, 0.15) is 22.6 Å². The van der Waals surface area contributed by atoms with Gasteiger partial charge in [-0.05, 0) is 86.5 Å². The zero-order valence-corrected chi connectivity index (χ0v) is 22.9. The Balaban J connectivity index is 1.64. The normalized spacial score (nSPS) is 11.6. The fraction of sp³-hybridized carbons (Fsp3) is 0.0323. The van der Waals surface area contributed by atoms with Crippen LogP contribution in [0.15, 0.2) is 123 Å². The van der Waals surface area contributed by atoms with Crippen molar-refractivity contribution < 1.29 is 0 Å². The van der Waals surface area contributed by atoms with Gasteiger partial charge in [-0.15, -0.1) is 0 Å². The molecule has 0 aliphatic heterocycles. The van der Waals surface area contributed by atoms with Crippen LogP contribution in [0.5, 0.6) is 0 Å². The van der Waals surface area contributed by atoms with E-state index in [-0.39, 0.29) is 5.92 Å². The summed E-state index contributed by atoms with van der Waals surface area (Å²) in [4.78, 5) is 0. The lowest BCUT2D eigenvalue weighted by Gasteiger charge is -2.20. The van der Waals surface area contributed by atoms with Crippen LogP contribution in [0, 0.1) is 0 Å². The van der Waals surface area contributed by atoms with Crippen LogP contribution >= 0.6 is 47.8 Å². The Morgan fingerprint density at radius 1 is 0.324 bits per heavy atom. The van der Waals surface area contributed by atoms with E-state index in [2.05, 4.69) is 157 Å². The van der Waals surface area contributed by atoms with E-state index in [9.17, 15) is 0 Å². The molecule has 0 bridgehead atoms. The van der Waals surface area contributed by atoms with Crippen LogP contribution < -0.4 is 0 Å². The molecule has 0 atom stereocenters. The number of hydrogen-bond acceptors (Lipinski definition) is 0. The average molecular weight is 631 g/mol. The van der Waals surface area contributed by atoms with Crippen molar-refractivity contribution in [1.82, 2.24) is 0 Å². The summed E-state index contributed by atoms with van der Waals surface area (Å²) in [7, 11) is 0. The molecule has 164 valence electrons. The fourth-order valence-corrected chi connectivity index (χ4v) is 5.81. The van der Waals surface area contributed by atoms with Crippen molar-refractivity contribution in [1.29, 1.82) is 0 Å². The minimum Gasteiger partial charge on any atom is -0.0568 e. The Hall–Kier alpha value is -2.46. The van der Waals surface area contributed by atoms with Gasteiger partial charge in [0.05, 0.1) is 0 Å². The molecule has 0 fully saturated rings. The van der Waals surface area contributed by atoms with Crippen LogP contribution in [0.2, 0.25) is 0 Å². The van der Waals surface area contributed by atoms with E-state index in [0.29, 0.717) is 0 Å². The highest BCUT2D eigenvalue weighted by atomic mass is 79.9. The molecule has 0 aromatic heterocycles. The minimum atomic E-state index is 0.107. The van der Waals surface area contributed by atoms with E-state index in [4.69, 9.17) is 0 Å². The Morgan fingerprint density at radius 2 is 0.588 bits per heavy atom. The molecule has 0 saturated heterocycles. The second kappa shape index (κ2) is 8.96. The Kier molecular flexibility index (Phi) is 5.81. The van der Waals surface area contributed by atoms with E-state index in [1.54, 1.807) is 0 Å². The molecule has 0 aromatic carbocycles. The maximum atomic E-state index is 3.64. The second-order valence-corrected chi connectivity index (χ2v) is 11.3. The molecule has 0 radical (unpaired) electrons. The third kappa shape index (κ3) is 3.90. The van der Waals surface area contributed by atoms with Crippen molar-refractivity contribution in [2.75, 3.05) is 0 Å². The van der Waals surface area contributed by atoms with E-state index >= 15 is 0 Å². The molecule has 0 aromatic rings. The number of hydrogen-bond donors (Lipinski definition) is 0. The summed E-state index contributed by atoms with van der Waals surface area (Å²) >= 11 is 10.9. The first-order valence-electron chi connectivity index (χ1n) is 11.1. The molecule has 6 aliphatic rings. The van der Waals surface area contributed by atoms with E-state index in [1.165, 1.54) is 50.1 Å². The first kappa shape index (κ1) is 22.0. The molecule has 0 unspecified atom stereocenters. The molecule has 0 amide bonds. The molecule has 0 N–H and O–H groups in total. The highest BCUT2D eigenvalue weighted by Gasteiger charge is 2.28. The van der Waals surface area contributed by atoms with Crippen LogP contribution in [0.4, 0.5) is 0 Å². The minimum absolute atomic E-state index is 0.107. The van der Waals surface area contributed by atoms with Gasteiger partial charge in [0.1, 0.15) is 0 Å². The molecule has 6 rings (SSSR count). The van der Waals surface area contributed by atoms with E-state index in [0.717, 1.165) is 13.4 Å². The predicted molar refractivity (Wildman–Crippen MR) is 153 cm³/mol. The van der Waals surface area contributed by atoms with Gasteiger partial charge in [0.25, 0.3) is 0 Å². The zero-order valence-electron chi connectivity index (χ0n) is 18.1. The summed E-state index contributed by atoms with van der Waals surface area (Å²) < 4.78 is 3.24. The topological polar surface area (TPSA) is 0 Å². The molecule has 0 saturated carbocycles. The lowest BCUT2D eigenvalue weighted by Crippen LogP contribution is -2.03. The third-order valence-corrected chi connectivity index (χ3v) is 8.21. The van der Waals surface area contributed by atoms with Crippen molar-refractivity contribution in [3.8, 4) is 33.4 Å². The lowest BCUT2D eigenvalue weighted by atomic mass is 9.82. The number of fused-ring (bicyclic) bond motifs is 3. The van der Waals surface area contributed by atoms with Gasteiger partial charge in [-0.3, -0.25) is 0 Å². The first-order valence-corrected chi connectivity index (χ1v) is 13.5. The van der Waals surface area contributed by atoms with Gasteiger partial charge in [-0.25, -0.2) is 0 Å². The lowest BCUT2D eigenvalue weighted by molar-refractivity contribution is 1.00. The molecule has 0 spiro atoms. The quantitative estimate of drug-likeness (QED) is 0.182. The zero-order chi connectivity index (χ0) is 23.2. The van der Waals surface area contributed by atoms with Gasteiger partial charge in [-0.2, -0.15) is 0 Å². The van der Waals surface area contributed by atoms with Gasteiger partial charge in [-0.1, -0.05) is 121 Å². The van der Waals surface area contributed by atoms with Gasteiger partial charge < -0.3 is 0 Å². The number of halogens is 3. The van der Waals surface area contributed by atoms with Crippen LogP contribution in [0.25, 0.3) is 33.4 Å². The Bertz CT molecular complexity index is 1360. The fourth-order valence-electron chi connectivity index (χ4n) is 5.01. The summed E-state index contributed by atoms with van der Waals surface area (Å²) in [6.45, 7) is 0. The van der Waals surface area contributed by atoms with E-state index < -0.39 is 0 Å². The van der Waals surface area contributed by atoms with Crippen molar-refractivity contribution in [3.63, 3.8) is 0 Å².